The summed E-state index contributed by atoms with van der Waals surface area (Å²) in [5.74, 6) is 1.69. The van der Waals surface area contributed by atoms with E-state index in [1.165, 1.54) is 7.11 Å². The Morgan fingerprint density at radius 3 is 2.32 bits per heavy atom. The van der Waals surface area contributed by atoms with E-state index in [0.29, 0.717) is 30.2 Å². The van der Waals surface area contributed by atoms with Crippen molar-refractivity contribution >= 4 is 5.97 Å². The van der Waals surface area contributed by atoms with Gasteiger partial charge < -0.3 is 13.9 Å². The molecular formula is C26H23NO4. The fourth-order valence-corrected chi connectivity index (χ4v) is 3.29. The molecule has 0 fully saturated rings. The Hall–Kier alpha value is -3.86. The Balaban J connectivity index is 1.45. The minimum atomic E-state index is -0.382. The van der Waals surface area contributed by atoms with Crippen LogP contribution in [0.25, 0.3) is 22.6 Å². The van der Waals surface area contributed by atoms with E-state index in [2.05, 4.69) is 0 Å². The van der Waals surface area contributed by atoms with Gasteiger partial charge in [0, 0.05) is 17.5 Å². The monoisotopic (exact) mass is 413 g/mol. The van der Waals surface area contributed by atoms with Crippen molar-refractivity contribution in [1.82, 2.24) is 4.98 Å². The highest BCUT2D eigenvalue weighted by Gasteiger charge is 2.16. The van der Waals surface area contributed by atoms with Crippen molar-refractivity contribution in [3.63, 3.8) is 0 Å². The number of carbonyl (C=O) groups excluding carboxylic acids is 1. The molecule has 3 aromatic carbocycles. The Bertz CT molecular complexity index is 1080. The van der Waals surface area contributed by atoms with Crippen LogP contribution in [-0.2, 0) is 11.2 Å². The lowest BCUT2D eigenvalue weighted by molar-refractivity contribution is 0.0600. The molecule has 4 aromatic rings. The number of benzene rings is 3. The zero-order valence-electron chi connectivity index (χ0n) is 17.3. The number of carbonyl (C=O) groups is 1. The number of aromatic nitrogens is 1. The van der Waals surface area contributed by atoms with E-state index in [-0.39, 0.29) is 5.97 Å². The molecule has 0 spiro atoms. The first-order valence-electron chi connectivity index (χ1n) is 10.2. The van der Waals surface area contributed by atoms with Crippen LogP contribution in [0.5, 0.6) is 5.75 Å². The third-order valence-electron chi connectivity index (χ3n) is 4.81. The molecule has 0 saturated heterocycles. The Labute approximate surface area is 181 Å². The van der Waals surface area contributed by atoms with Gasteiger partial charge in [-0.25, -0.2) is 9.78 Å². The van der Waals surface area contributed by atoms with Crippen LogP contribution in [0, 0.1) is 0 Å². The van der Waals surface area contributed by atoms with Crippen LogP contribution in [-0.4, -0.2) is 24.7 Å². The topological polar surface area (TPSA) is 61.6 Å². The van der Waals surface area contributed by atoms with Crippen LogP contribution in [0.15, 0.2) is 89.3 Å². The van der Waals surface area contributed by atoms with Crippen LogP contribution in [0.2, 0.25) is 0 Å². The molecular weight excluding hydrogens is 390 g/mol. The smallest absolute Gasteiger partial charge is 0.337 e. The highest BCUT2D eigenvalue weighted by Crippen LogP contribution is 2.32. The van der Waals surface area contributed by atoms with Crippen molar-refractivity contribution in [3.05, 3.63) is 96.4 Å². The average molecular weight is 413 g/mol. The highest BCUT2D eigenvalue weighted by molar-refractivity contribution is 5.89. The maximum atomic E-state index is 11.7. The van der Waals surface area contributed by atoms with Crippen molar-refractivity contribution in [3.8, 4) is 28.3 Å². The van der Waals surface area contributed by atoms with Gasteiger partial charge in [0.25, 0.3) is 0 Å². The standard InChI is InChI=1S/C26H23NO4/c1-29-26(28)21-14-8-15-22(18-21)30-17-9-16-23-27-24(19-10-4-2-5-11-19)25(31-23)20-12-6-3-7-13-20/h2-8,10-15,18H,9,16-17H2,1H3. The molecule has 0 bridgehead atoms. The van der Waals surface area contributed by atoms with Gasteiger partial charge in [0.05, 0.1) is 19.3 Å². The van der Waals surface area contributed by atoms with Gasteiger partial charge in [0.2, 0.25) is 0 Å². The molecule has 1 heterocycles. The Morgan fingerprint density at radius 2 is 1.61 bits per heavy atom. The normalized spacial score (nSPS) is 10.6. The molecule has 0 aliphatic carbocycles. The van der Waals surface area contributed by atoms with Crippen molar-refractivity contribution in [1.29, 1.82) is 0 Å². The average Bonchev–Trinajstić information content (AvgIpc) is 3.27. The summed E-state index contributed by atoms with van der Waals surface area (Å²) >= 11 is 0. The summed E-state index contributed by atoms with van der Waals surface area (Å²) in [5.41, 5.74) is 3.32. The molecule has 0 N–H and O–H groups in total. The molecule has 156 valence electrons. The summed E-state index contributed by atoms with van der Waals surface area (Å²) < 4.78 is 16.7. The SMILES string of the molecule is COC(=O)c1cccc(OCCCc2nc(-c3ccccc3)c(-c3ccccc3)o2)c1. The lowest BCUT2D eigenvalue weighted by atomic mass is 10.1. The summed E-state index contributed by atoms with van der Waals surface area (Å²) in [7, 11) is 1.36. The van der Waals surface area contributed by atoms with Crippen LogP contribution in [0.4, 0.5) is 0 Å². The second kappa shape index (κ2) is 9.76. The molecule has 0 aliphatic rings. The lowest BCUT2D eigenvalue weighted by Gasteiger charge is -2.06. The molecule has 5 heteroatoms. The molecule has 1 aromatic heterocycles. The summed E-state index contributed by atoms with van der Waals surface area (Å²) in [4.78, 5) is 16.4. The number of esters is 1. The predicted molar refractivity (Wildman–Crippen MR) is 119 cm³/mol. The molecule has 4 rings (SSSR count). The molecule has 0 atom stereocenters. The van der Waals surface area contributed by atoms with Crippen molar-refractivity contribution in [2.24, 2.45) is 0 Å². The van der Waals surface area contributed by atoms with E-state index in [4.69, 9.17) is 18.9 Å². The fraction of sp³-hybridized carbons (Fsp3) is 0.154. The van der Waals surface area contributed by atoms with Crippen molar-refractivity contribution in [2.45, 2.75) is 12.8 Å². The fourth-order valence-electron chi connectivity index (χ4n) is 3.29. The Kier molecular flexibility index (Phi) is 6.43. The predicted octanol–water partition coefficient (Wildman–Crippen LogP) is 5.81. The zero-order chi connectivity index (χ0) is 21.5. The zero-order valence-corrected chi connectivity index (χ0v) is 17.3. The van der Waals surface area contributed by atoms with E-state index >= 15 is 0 Å². The number of ether oxygens (including phenoxy) is 2. The van der Waals surface area contributed by atoms with E-state index in [1.54, 1.807) is 18.2 Å². The van der Waals surface area contributed by atoms with E-state index in [9.17, 15) is 4.79 Å². The maximum Gasteiger partial charge on any atom is 0.337 e. The number of hydrogen-bond donors (Lipinski definition) is 0. The minimum absolute atomic E-state index is 0.382. The third-order valence-corrected chi connectivity index (χ3v) is 4.81. The first-order valence-corrected chi connectivity index (χ1v) is 10.2. The van der Waals surface area contributed by atoms with Gasteiger partial charge in [-0.05, 0) is 24.6 Å². The van der Waals surface area contributed by atoms with E-state index in [1.807, 2.05) is 66.7 Å². The Morgan fingerprint density at radius 1 is 0.903 bits per heavy atom. The third kappa shape index (κ3) is 5.01. The van der Waals surface area contributed by atoms with Gasteiger partial charge in [0.1, 0.15) is 11.4 Å². The lowest BCUT2D eigenvalue weighted by Crippen LogP contribution is -2.03. The van der Waals surface area contributed by atoms with Crippen molar-refractivity contribution < 1.29 is 18.7 Å². The quantitative estimate of drug-likeness (QED) is 0.270. The van der Waals surface area contributed by atoms with Gasteiger partial charge in [-0.2, -0.15) is 0 Å². The minimum Gasteiger partial charge on any atom is -0.494 e. The molecule has 5 nitrogen and oxygen atoms in total. The van der Waals surface area contributed by atoms with Gasteiger partial charge in [-0.15, -0.1) is 0 Å². The number of nitrogens with zero attached hydrogens (tertiary/aromatic N) is 1. The molecule has 0 amide bonds. The number of methoxy groups -OCH3 is 1. The van der Waals surface area contributed by atoms with Crippen molar-refractivity contribution in [2.75, 3.05) is 13.7 Å². The molecule has 0 radical (unpaired) electrons. The maximum absolute atomic E-state index is 11.7. The summed E-state index contributed by atoms with van der Waals surface area (Å²) in [6.07, 6.45) is 1.37. The van der Waals surface area contributed by atoms with Gasteiger partial charge >= 0.3 is 5.97 Å². The molecule has 31 heavy (non-hydrogen) atoms. The van der Waals surface area contributed by atoms with Crippen LogP contribution in [0.3, 0.4) is 0 Å². The van der Waals surface area contributed by atoms with Crippen LogP contribution in [0.1, 0.15) is 22.7 Å². The first-order chi connectivity index (χ1) is 15.2. The summed E-state index contributed by atoms with van der Waals surface area (Å²) in [6.45, 7) is 0.481. The molecule has 0 unspecified atom stereocenters. The first kappa shape index (κ1) is 20.4. The number of aryl methyl sites for hydroxylation is 1. The second-order valence-corrected chi connectivity index (χ2v) is 6.99. The van der Waals surface area contributed by atoms with Gasteiger partial charge in [-0.3, -0.25) is 0 Å². The van der Waals surface area contributed by atoms with Gasteiger partial charge in [-0.1, -0.05) is 66.7 Å². The molecule has 0 saturated carbocycles. The highest BCUT2D eigenvalue weighted by atomic mass is 16.5. The van der Waals surface area contributed by atoms with Crippen LogP contribution >= 0.6 is 0 Å². The van der Waals surface area contributed by atoms with E-state index < -0.39 is 0 Å². The summed E-state index contributed by atoms with van der Waals surface area (Å²) in [5, 5.41) is 0. The van der Waals surface area contributed by atoms with Gasteiger partial charge in [0.15, 0.2) is 11.7 Å². The largest absolute Gasteiger partial charge is 0.494 e. The molecule has 0 aliphatic heterocycles. The summed E-state index contributed by atoms with van der Waals surface area (Å²) in [6, 6.07) is 27.0. The number of hydrogen-bond acceptors (Lipinski definition) is 5. The second-order valence-electron chi connectivity index (χ2n) is 6.99. The van der Waals surface area contributed by atoms with Crippen LogP contribution < -0.4 is 4.74 Å². The van der Waals surface area contributed by atoms with E-state index in [0.717, 1.165) is 29.0 Å². The number of rotatable bonds is 8. The number of oxazole rings is 1.